The number of carbonyl (C=O) groups excluding carboxylic acids is 1. The van der Waals surface area contributed by atoms with Crippen LogP contribution in [0, 0.1) is 6.92 Å². The molecular formula is C18H26N2O3. The molecule has 23 heavy (non-hydrogen) atoms. The van der Waals surface area contributed by atoms with E-state index >= 15 is 0 Å². The lowest BCUT2D eigenvalue weighted by Gasteiger charge is -2.24. The van der Waals surface area contributed by atoms with Gasteiger partial charge in [0.1, 0.15) is 16.9 Å². The Balaban J connectivity index is 1.83. The molecule has 1 aromatic heterocycles. The van der Waals surface area contributed by atoms with Crippen molar-refractivity contribution in [2.24, 2.45) is 0 Å². The molecule has 1 heterocycles. The zero-order chi connectivity index (χ0) is 17.0. The molecule has 0 saturated heterocycles. The number of hydrogen-bond acceptors (Lipinski definition) is 4. The molecule has 126 valence electrons. The smallest absolute Gasteiger partial charge is 0.410 e. The SMILES string of the molecule is Cc1oc2ccccc2c1CNCCN(C)C(=O)OC(C)(C)C. The van der Waals surface area contributed by atoms with E-state index in [1.165, 1.54) is 5.56 Å². The Morgan fingerprint density at radius 2 is 2.00 bits per heavy atom. The fraction of sp³-hybridized carbons (Fsp3) is 0.500. The number of nitrogens with zero attached hydrogens (tertiary/aromatic N) is 1. The lowest BCUT2D eigenvalue weighted by atomic mass is 10.1. The summed E-state index contributed by atoms with van der Waals surface area (Å²) in [6.07, 6.45) is -0.302. The van der Waals surface area contributed by atoms with E-state index in [4.69, 9.17) is 9.15 Å². The third-order valence-corrected chi connectivity index (χ3v) is 3.53. The van der Waals surface area contributed by atoms with E-state index in [1.54, 1.807) is 11.9 Å². The second-order valence-corrected chi connectivity index (χ2v) is 6.71. The van der Waals surface area contributed by atoms with Crippen molar-refractivity contribution in [1.82, 2.24) is 10.2 Å². The molecule has 2 rings (SSSR count). The molecule has 2 aromatic rings. The molecule has 0 radical (unpaired) electrons. The van der Waals surface area contributed by atoms with Crippen LogP contribution in [0.3, 0.4) is 0 Å². The van der Waals surface area contributed by atoms with Crippen LogP contribution in [0.15, 0.2) is 28.7 Å². The summed E-state index contributed by atoms with van der Waals surface area (Å²) in [6, 6.07) is 8.02. The molecule has 0 spiro atoms. The molecule has 5 heteroatoms. The maximum absolute atomic E-state index is 11.9. The fourth-order valence-corrected chi connectivity index (χ4v) is 2.33. The highest BCUT2D eigenvalue weighted by atomic mass is 16.6. The predicted octanol–water partition coefficient (Wildman–Crippen LogP) is 3.70. The van der Waals surface area contributed by atoms with Gasteiger partial charge in [-0.05, 0) is 33.8 Å². The number of furan rings is 1. The van der Waals surface area contributed by atoms with Crippen LogP contribution in [0.1, 0.15) is 32.1 Å². The van der Waals surface area contributed by atoms with Crippen LogP contribution < -0.4 is 5.32 Å². The quantitative estimate of drug-likeness (QED) is 0.854. The molecule has 0 saturated carbocycles. The Morgan fingerprint density at radius 3 is 2.70 bits per heavy atom. The zero-order valence-corrected chi connectivity index (χ0v) is 14.6. The van der Waals surface area contributed by atoms with Crippen LogP contribution in [0.2, 0.25) is 0 Å². The molecule has 0 aliphatic heterocycles. The topological polar surface area (TPSA) is 54.7 Å². The van der Waals surface area contributed by atoms with Gasteiger partial charge in [-0.15, -0.1) is 0 Å². The van der Waals surface area contributed by atoms with Crippen LogP contribution in [-0.2, 0) is 11.3 Å². The minimum absolute atomic E-state index is 0.302. The van der Waals surface area contributed by atoms with E-state index in [0.717, 1.165) is 16.7 Å². The first-order valence-corrected chi connectivity index (χ1v) is 7.90. The van der Waals surface area contributed by atoms with Crippen molar-refractivity contribution in [3.8, 4) is 0 Å². The summed E-state index contributed by atoms with van der Waals surface area (Å²) >= 11 is 0. The fourth-order valence-electron chi connectivity index (χ4n) is 2.33. The molecule has 1 N–H and O–H groups in total. The van der Waals surface area contributed by atoms with Gasteiger partial charge in [0, 0.05) is 37.6 Å². The normalized spacial score (nSPS) is 11.7. The number of nitrogens with one attached hydrogen (secondary N) is 1. The van der Waals surface area contributed by atoms with Crippen molar-refractivity contribution < 1.29 is 13.9 Å². The average molecular weight is 318 g/mol. The highest BCUT2D eigenvalue weighted by Crippen LogP contribution is 2.24. The Bertz CT molecular complexity index is 670. The van der Waals surface area contributed by atoms with Gasteiger partial charge < -0.3 is 19.4 Å². The van der Waals surface area contributed by atoms with E-state index in [2.05, 4.69) is 11.4 Å². The predicted molar refractivity (Wildman–Crippen MR) is 91.5 cm³/mol. The molecular weight excluding hydrogens is 292 g/mol. The average Bonchev–Trinajstić information content (AvgIpc) is 2.77. The summed E-state index contributed by atoms with van der Waals surface area (Å²) in [6.45, 7) is 9.56. The van der Waals surface area contributed by atoms with E-state index in [0.29, 0.717) is 19.6 Å². The molecule has 5 nitrogen and oxygen atoms in total. The standard InChI is InChI=1S/C18H26N2O3/c1-13-15(14-8-6-7-9-16(14)22-13)12-19-10-11-20(5)17(21)23-18(2,3)4/h6-9,19H,10-12H2,1-5H3. The summed E-state index contributed by atoms with van der Waals surface area (Å²) in [5.41, 5.74) is 1.61. The van der Waals surface area contributed by atoms with Gasteiger partial charge in [0.15, 0.2) is 0 Å². The maximum Gasteiger partial charge on any atom is 0.410 e. The van der Waals surface area contributed by atoms with Crippen molar-refractivity contribution in [2.45, 2.75) is 39.8 Å². The first-order valence-electron chi connectivity index (χ1n) is 7.90. The minimum atomic E-state index is -0.467. The third kappa shape index (κ3) is 4.73. The van der Waals surface area contributed by atoms with Crippen molar-refractivity contribution in [3.63, 3.8) is 0 Å². The van der Waals surface area contributed by atoms with Crippen LogP contribution in [-0.4, -0.2) is 36.7 Å². The summed E-state index contributed by atoms with van der Waals surface area (Å²) in [7, 11) is 1.74. The van der Waals surface area contributed by atoms with E-state index in [1.807, 2.05) is 45.9 Å². The van der Waals surface area contributed by atoms with E-state index < -0.39 is 5.60 Å². The number of fused-ring (bicyclic) bond motifs is 1. The second-order valence-electron chi connectivity index (χ2n) is 6.71. The van der Waals surface area contributed by atoms with Gasteiger partial charge in [0.25, 0.3) is 0 Å². The van der Waals surface area contributed by atoms with Gasteiger partial charge in [-0.25, -0.2) is 4.79 Å². The van der Waals surface area contributed by atoms with E-state index in [9.17, 15) is 4.79 Å². The van der Waals surface area contributed by atoms with Gasteiger partial charge in [-0.1, -0.05) is 18.2 Å². The first-order chi connectivity index (χ1) is 10.8. The number of amides is 1. The summed E-state index contributed by atoms with van der Waals surface area (Å²) in [5, 5.41) is 4.50. The minimum Gasteiger partial charge on any atom is -0.461 e. The zero-order valence-electron chi connectivity index (χ0n) is 14.6. The molecule has 0 fully saturated rings. The number of para-hydroxylation sites is 1. The van der Waals surface area contributed by atoms with Crippen molar-refractivity contribution in [1.29, 1.82) is 0 Å². The molecule has 0 unspecified atom stereocenters. The highest BCUT2D eigenvalue weighted by molar-refractivity contribution is 5.82. The number of likely N-dealkylation sites (N-methyl/N-ethyl adjacent to an activating group) is 1. The van der Waals surface area contributed by atoms with Gasteiger partial charge in [0.05, 0.1) is 0 Å². The van der Waals surface area contributed by atoms with Gasteiger partial charge in [-0.2, -0.15) is 0 Å². The number of rotatable bonds is 5. The highest BCUT2D eigenvalue weighted by Gasteiger charge is 2.19. The third-order valence-electron chi connectivity index (χ3n) is 3.53. The maximum atomic E-state index is 11.9. The van der Waals surface area contributed by atoms with Gasteiger partial charge in [0.2, 0.25) is 0 Å². The Labute approximate surface area is 137 Å². The molecule has 0 bridgehead atoms. The van der Waals surface area contributed by atoms with Crippen molar-refractivity contribution in [3.05, 3.63) is 35.6 Å². The number of hydrogen-bond donors (Lipinski definition) is 1. The summed E-state index contributed by atoms with van der Waals surface area (Å²) < 4.78 is 11.1. The van der Waals surface area contributed by atoms with Crippen LogP contribution in [0.25, 0.3) is 11.0 Å². The van der Waals surface area contributed by atoms with Crippen LogP contribution in [0.5, 0.6) is 0 Å². The Kier molecular flexibility index (Phi) is 5.31. The summed E-state index contributed by atoms with van der Waals surface area (Å²) in [4.78, 5) is 13.5. The van der Waals surface area contributed by atoms with Crippen LogP contribution in [0.4, 0.5) is 4.79 Å². The molecule has 0 aliphatic carbocycles. The Hall–Kier alpha value is -2.01. The lowest BCUT2D eigenvalue weighted by molar-refractivity contribution is 0.0300. The van der Waals surface area contributed by atoms with Crippen LogP contribution >= 0.6 is 0 Å². The van der Waals surface area contributed by atoms with Gasteiger partial charge >= 0.3 is 6.09 Å². The van der Waals surface area contributed by atoms with Gasteiger partial charge in [-0.3, -0.25) is 0 Å². The van der Waals surface area contributed by atoms with Crippen molar-refractivity contribution in [2.75, 3.05) is 20.1 Å². The molecule has 1 amide bonds. The number of ether oxygens (including phenoxy) is 1. The lowest BCUT2D eigenvalue weighted by Crippen LogP contribution is -2.37. The summed E-state index contributed by atoms with van der Waals surface area (Å²) in [5.74, 6) is 0.930. The number of aryl methyl sites for hydroxylation is 1. The number of carbonyl (C=O) groups is 1. The molecule has 0 aliphatic rings. The first kappa shape index (κ1) is 17.3. The Morgan fingerprint density at radius 1 is 1.30 bits per heavy atom. The number of benzene rings is 1. The largest absolute Gasteiger partial charge is 0.461 e. The second kappa shape index (κ2) is 7.04. The van der Waals surface area contributed by atoms with Crippen molar-refractivity contribution >= 4 is 17.1 Å². The molecule has 1 aromatic carbocycles. The monoisotopic (exact) mass is 318 g/mol. The molecule has 0 atom stereocenters. The van der Waals surface area contributed by atoms with E-state index in [-0.39, 0.29) is 6.09 Å².